The van der Waals surface area contributed by atoms with Gasteiger partial charge in [-0.25, -0.2) is 0 Å². The smallest absolute Gasteiger partial charge is 0.373 e. The molecule has 140 valence electrons. The molecule has 1 aromatic carbocycles. The van der Waals surface area contributed by atoms with Crippen LogP contribution in [0.25, 0.3) is 0 Å². The molecule has 0 N–H and O–H groups in total. The van der Waals surface area contributed by atoms with E-state index >= 15 is 0 Å². The summed E-state index contributed by atoms with van der Waals surface area (Å²) >= 11 is 0. The zero-order valence-corrected chi connectivity index (χ0v) is 14.9. The Labute approximate surface area is 147 Å². The number of piperidine rings is 1. The van der Waals surface area contributed by atoms with E-state index in [-0.39, 0.29) is 12.2 Å². The second-order valence-electron chi connectivity index (χ2n) is 7.37. The van der Waals surface area contributed by atoms with Crippen molar-refractivity contribution in [3.63, 3.8) is 0 Å². The van der Waals surface area contributed by atoms with Gasteiger partial charge in [0.2, 0.25) is 0 Å². The number of benzene rings is 1. The first-order chi connectivity index (χ1) is 11.8. The van der Waals surface area contributed by atoms with Crippen molar-refractivity contribution < 1.29 is 17.9 Å². The molecule has 0 unspecified atom stereocenters. The number of likely N-dealkylation sites (tertiary alicyclic amines) is 1. The number of alkyl halides is 3. The lowest BCUT2D eigenvalue weighted by molar-refractivity contribution is -0.138. The van der Waals surface area contributed by atoms with Crippen molar-refractivity contribution in [3.8, 4) is 0 Å². The molecule has 0 saturated carbocycles. The Morgan fingerprint density at radius 1 is 1.04 bits per heavy atom. The number of hydrogen-bond donors (Lipinski definition) is 0. The predicted octanol–water partition coefficient (Wildman–Crippen LogP) is 3.78. The average molecular weight is 356 g/mol. The van der Waals surface area contributed by atoms with E-state index in [1.807, 2.05) is 0 Å². The van der Waals surface area contributed by atoms with E-state index in [2.05, 4.69) is 23.6 Å². The molecule has 2 aliphatic rings. The molecule has 6 heteroatoms. The number of rotatable bonds is 3. The molecule has 0 bridgehead atoms. The second kappa shape index (κ2) is 7.64. The molecule has 3 rings (SSSR count). The predicted molar refractivity (Wildman–Crippen MR) is 91.3 cm³/mol. The fourth-order valence-electron chi connectivity index (χ4n) is 4.13. The van der Waals surface area contributed by atoms with Gasteiger partial charge in [-0.2, -0.15) is 13.2 Å². The van der Waals surface area contributed by atoms with Gasteiger partial charge >= 0.3 is 6.18 Å². The molecule has 0 aromatic heterocycles. The van der Waals surface area contributed by atoms with Crippen LogP contribution in [0.15, 0.2) is 24.3 Å². The van der Waals surface area contributed by atoms with Crippen LogP contribution in [0.5, 0.6) is 0 Å². The molecular weight excluding hydrogens is 329 g/mol. The Kier molecular flexibility index (Phi) is 5.71. The highest BCUT2D eigenvalue weighted by Crippen LogP contribution is 2.33. The summed E-state index contributed by atoms with van der Waals surface area (Å²) in [4.78, 5) is 4.65. The van der Waals surface area contributed by atoms with Gasteiger partial charge in [0.05, 0.1) is 17.8 Å². The summed E-state index contributed by atoms with van der Waals surface area (Å²) in [5.74, 6) is 0. The Hall–Kier alpha value is -1.11. The first-order valence-electron chi connectivity index (χ1n) is 9.10. The fourth-order valence-corrected chi connectivity index (χ4v) is 4.13. The van der Waals surface area contributed by atoms with Crippen LogP contribution < -0.4 is 0 Å². The van der Waals surface area contributed by atoms with Crippen molar-refractivity contribution in [3.05, 3.63) is 35.4 Å². The highest BCUT2D eigenvalue weighted by atomic mass is 19.4. The summed E-state index contributed by atoms with van der Waals surface area (Å²) in [5.41, 5.74) is -0.130. The van der Waals surface area contributed by atoms with Crippen LogP contribution >= 0.6 is 0 Å². The third-order valence-electron chi connectivity index (χ3n) is 5.24. The molecule has 2 atom stereocenters. The Morgan fingerprint density at radius 2 is 1.64 bits per heavy atom. The van der Waals surface area contributed by atoms with E-state index in [1.165, 1.54) is 12.1 Å². The van der Waals surface area contributed by atoms with E-state index in [9.17, 15) is 13.2 Å². The van der Waals surface area contributed by atoms with Crippen molar-refractivity contribution in [1.29, 1.82) is 0 Å². The van der Waals surface area contributed by atoms with Crippen LogP contribution in [0.2, 0.25) is 0 Å². The van der Waals surface area contributed by atoms with Crippen molar-refractivity contribution in [2.45, 2.75) is 57.7 Å². The molecule has 2 saturated heterocycles. The summed E-state index contributed by atoms with van der Waals surface area (Å²) in [6.07, 6.45) is -1.77. The lowest BCUT2D eigenvalue weighted by Crippen LogP contribution is -2.53. The molecule has 3 nitrogen and oxygen atoms in total. The molecule has 0 aliphatic carbocycles. The minimum absolute atomic E-state index is 0.250. The fraction of sp³-hybridized carbons (Fsp3) is 0.684. The molecule has 0 spiro atoms. The number of ether oxygens (including phenoxy) is 1. The van der Waals surface area contributed by atoms with Gasteiger partial charge in [-0.15, -0.1) is 0 Å². The maximum atomic E-state index is 13.1. The Balaban J connectivity index is 1.57. The van der Waals surface area contributed by atoms with E-state index in [1.54, 1.807) is 12.1 Å². The van der Waals surface area contributed by atoms with E-state index < -0.39 is 11.7 Å². The van der Waals surface area contributed by atoms with Crippen molar-refractivity contribution in [2.24, 2.45) is 0 Å². The molecule has 2 heterocycles. The van der Waals surface area contributed by atoms with Gasteiger partial charge in [-0.05, 0) is 51.4 Å². The SMILES string of the molecule is C[C@@H]1CN(C2CCN(Cc3ccccc3C(F)(F)F)CC2)C[C@@H](C)O1. The lowest BCUT2D eigenvalue weighted by atomic mass is 9.99. The second-order valence-corrected chi connectivity index (χ2v) is 7.37. The van der Waals surface area contributed by atoms with Gasteiger partial charge in [0.1, 0.15) is 0 Å². The number of halogens is 3. The van der Waals surface area contributed by atoms with Gasteiger partial charge in [-0.1, -0.05) is 18.2 Å². The first-order valence-corrected chi connectivity index (χ1v) is 9.10. The third-order valence-corrected chi connectivity index (χ3v) is 5.24. The topological polar surface area (TPSA) is 15.7 Å². The van der Waals surface area contributed by atoms with Crippen LogP contribution in [-0.4, -0.2) is 54.2 Å². The number of hydrogen-bond acceptors (Lipinski definition) is 3. The van der Waals surface area contributed by atoms with E-state index in [0.717, 1.165) is 39.0 Å². The van der Waals surface area contributed by atoms with Crippen molar-refractivity contribution in [2.75, 3.05) is 26.2 Å². The van der Waals surface area contributed by atoms with Crippen LogP contribution in [0.1, 0.15) is 37.8 Å². The van der Waals surface area contributed by atoms with Gasteiger partial charge in [0.15, 0.2) is 0 Å². The molecule has 1 aromatic rings. The minimum atomic E-state index is -4.28. The van der Waals surface area contributed by atoms with Crippen molar-refractivity contribution in [1.82, 2.24) is 9.80 Å². The number of morpholine rings is 1. The van der Waals surface area contributed by atoms with Crippen molar-refractivity contribution >= 4 is 0 Å². The van der Waals surface area contributed by atoms with Gasteiger partial charge in [0, 0.05) is 25.7 Å². The van der Waals surface area contributed by atoms with Crippen LogP contribution in [-0.2, 0) is 17.5 Å². The quantitative estimate of drug-likeness (QED) is 0.820. The summed E-state index contributed by atoms with van der Waals surface area (Å²) < 4.78 is 45.2. The molecule has 0 radical (unpaired) electrons. The highest BCUT2D eigenvalue weighted by molar-refractivity contribution is 5.29. The van der Waals surface area contributed by atoms with E-state index in [0.29, 0.717) is 18.2 Å². The molecule has 0 amide bonds. The monoisotopic (exact) mass is 356 g/mol. The molecular formula is C19H27F3N2O. The first kappa shape index (κ1) is 18.7. The summed E-state index contributed by atoms with van der Waals surface area (Å²) in [7, 11) is 0. The highest BCUT2D eigenvalue weighted by Gasteiger charge is 2.34. The standard InChI is InChI=1S/C19H27F3N2O/c1-14-11-24(12-15(2)25-14)17-7-9-23(10-8-17)13-16-5-3-4-6-18(16)19(20,21)22/h3-6,14-15,17H,7-13H2,1-2H3/t14-,15-/m1/s1. The summed E-state index contributed by atoms with van der Waals surface area (Å²) in [5, 5.41) is 0. The van der Waals surface area contributed by atoms with Gasteiger partial charge in [0.25, 0.3) is 0 Å². The third kappa shape index (κ3) is 4.74. The normalized spacial score (nSPS) is 27.6. The maximum absolute atomic E-state index is 13.1. The van der Waals surface area contributed by atoms with Crippen LogP contribution in [0, 0.1) is 0 Å². The molecule has 2 aliphatic heterocycles. The zero-order valence-electron chi connectivity index (χ0n) is 14.9. The van der Waals surface area contributed by atoms with Crippen LogP contribution in [0.3, 0.4) is 0 Å². The summed E-state index contributed by atoms with van der Waals surface area (Å²) in [6, 6.07) is 6.44. The Bertz CT molecular complexity index is 560. The maximum Gasteiger partial charge on any atom is 0.416 e. The Morgan fingerprint density at radius 3 is 2.24 bits per heavy atom. The lowest BCUT2D eigenvalue weighted by Gasteiger charge is -2.43. The molecule has 2 fully saturated rings. The largest absolute Gasteiger partial charge is 0.416 e. The van der Waals surface area contributed by atoms with Crippen LogP contribution in [0.4, 0.5) is 13.2 Å². The summed E-state index contributed by atoms with van der Waals surface area (Å²) in [6.45, 7) is 8.17. The zero-order chi connectivity index (χ0) is 18.0. The molecule has 25 heavy (non-hydrogen) atoms. The van der Waals surface area contributed by atoms with E-state index in [4.69, 9.17) is 4.74 Å². The van der Waals surface area contributed by atoms with Gasteiger partial charge in [-0.3, -0.25) is 9.80 Å². The minimum Gasteiger partial charge on any atom is -0.373 e. The number of nitrogens with zero attached hydrogens (tertiary/aromatic N) is 2. The van der Waals surface area contributed by atoms with Gasteiger partial charge < -0.3 is 4.74 Å². The average Bonchev–Trinajstić information content (AvgIpc) is 2.54.